The molecule has 158 valence electrons. The lowest BCUT2D eigenvalue weighted by atomic mass is 9.86. The van der Waals surface area contributed by atoms with Crippen LogP contribution >= 0.6 is 38.9 Å². The van der Waals surface area contributed by atoms with E-state index in [2.05, 4.69) is 113 Å². The number of halogens is 2. The molecule has 1 aromatic heterocycles. The first kappa shape index (κ1) is 20.7. The maximum atomic E-state index is 6.26. The number of rotatable bonds is 3. The molecule has 0 saturated heterocycles. The van der Waals surface area contributed by atoms with E-state index in [1.54, 1.807) is 0 Å². The van der Waals surface area contributed by atoms with Gasteiger partial charge in [-0.1, -0.05) is 109 Å². The van der Waals surface area contributed by atoms with Gasteiger partial charge in [0.25, 0.3) is 0 Å². The fourth-order valence-electron chi connectivity index (χ4n) is 4.66. The van der Waals surface area contributed by atoms with Gasteiger partial charge >= 0.3 is 0 Å². The molecule has 6 rings (SSSR count). The molecule has 0 aliphatic heterocycles. The predicted molar refractivity (Wildman–Crippen MR) is 148 cm³/mol. The molecule has 0 radical (unpaired) electrons. The van der Waals surface area contributed by atoms with Crippen LogP contribution in [0, 0.1) is 0 Å². The summed E-state index contributed by atoms with van der Waals surface area (Å²) in [5.41, 5.74) is 7.37. The highest BCUT2D eigenvalue weighted by molar-refractivity contribution is 9.11. The Morgan fingerprint density at radius 2 is 1.03 bits per heavy atom. The average Bonchev–Trinajstić information content (AvgIpc) is 3.21. The first-order valence-corrected chi connectivity index (χ1v) is 12.7. The van der Waals surface area contributed by atoms with Crippen LogP contribution in [-0.2, 0) is 0 Å². The van der Waals surface area contributed by atoms with E-state index in [1.807, 2.05) is 23.5 Å². The smallest absolute Gasteiger partial charge is 0.0789 e. The highest BCUT2D eigenvalue weighted by Gasteiger charge is 2.23. The molecule has 0 aliphatic carbocycles. The van der Waals surface area contributed by atoms with Crippen LogP contribution in [0.1, 0.15) is 0 Å². The number of thiophene rings is 1. The summed E-state index contributed by atoms with van der Waals surface area (Å²) in [6.45, 7) is 0. The van der Waals surface area contributed by atoms with Crippen molar-refractivity contribution in [2.75, 3.05) is 0 Å². The highest BCUT2D eigenvalue weighted by atomic mass is 79.9. The maximum absolute atomic E-state index is 6.26. The van der Waals surface area contributed by atoms with Crippen LogP contribution in [0.25, 0.3) is 54.2 Å². The van der Waals surface area contributed by atoms with Gasteiger partial charge in [-0.05, 0) is 61.1 Å². The maximum Gasteiger partial charge on any atom is 0.0789 e. The Bertz CT molecular complexity index is 1600. The standard InChI is InChI=1S/C30H18BrClS/c31-30-27(20-11-5-2-6-12-20)28-24-14-8-7-13-23(24)25(21-15-17-22(32)18-16-21)26(29(28)33-30)19-9-3-1-4-10-19/h1-18H. The van der Waals surface area contributed by atoms with E-state index in [0.29, 0.717) is 0 Å². The van der Waals surface area contributed by atoms with Crippen LogP contribution in [0.3, 0.4) is 0 Å². The molecule has 0 unspecified atom stereocenters. The zero-order chi connectivity index (χ0) is 22.4. The molecule has 6 aromatic rings. The topological polar surface area (TPSA) is 0 Å². The Kier molecular flexibility index (Phi) is 5.30. The van der Waals surface area contributed by atoms with Crippen molar-refractivity contribution >= 4 is 59.7 Å². The monoisotopic (exact) mass is 524 g/mol. The van der Waals surface area contributed by atoms with Crippen molar-refractivity contribution in [3.05, 3.63) is 118 Å². The largest absolute Gasteiger partial charge is 0.127 e. The molecule has 0 saturated carbocycles. The number of fused-ring (bicyclic) bond motifs is 3. The van der Waals surface area contributed by atoms with Crippen molar-refractivity contribution in [2.45, 2.75) is 0 Å². The Balaban J connectivity index is 1.85. The summed E-state index contributed by atoms with van der Waals surface area (Å²) in [5, 5.41) is 4.55. The van der Waals surface area contributed by atoms with Crippen molar-refractivity contribution in [3.63, 3.8) is 0 Å². The molecule has 5 aromatic carbocycles. The molecule has 0 nitrogen and oxygen atoms in total. The summed E-state index contributed by atoms with van der Waals surface area (Å²) in [6.07, 6.45) is 0. The van der Waals surface area contributed by atoms with Gasteiger partial charge in [0.05, 0.1) is 3.79 Å². The average molecular weight is 526 g/mol. The minimum atomic E-state index is 0.746. The quantitative estimate of drug-likeness (QED) is 0.215. The first-order valence-electron chi connectivity index (χ1n) is 10.8. The van der Waals surface area contributed by atoms with Gasteiger partial charge in [-0.2, -0.15) is 0 Å². The van der Waals surface area contributed by atoms with Gasteiger partial charge in [0.15, 0.2) is 0 Å². The second kappa shape index (κ2) is 8.46. The van der Waals surface area contributed by atoms with E-state index in [9.17, 15) is 0 Å². The molecule has 0 aliphatic rings. The second-order valence-electron chi connectivity index (χ2n) is 7.99. The first-order chi connectivity index (χ1) is 16.2. The molecule has 0 N–H and O–H groups in total. The van der Waals surface area contributed by atoms with E-state index in [-0.39, 0.29) is 0 Å². The summed E-state index contributed by atoms with van der Waals surface area (Å²) in [5.74, 6) is 0. The van der Waals surface area contributed by atoms with Gasteiger partial charge in [0.2, 0.25) is 0 Å². The Morgan fingerprint density at radius 1 is 0.515 bits per heavy atom. The third kappa shape index (κ3) is 3.50. The Labute approximate surface area is 210 Å². The van der Waals surface area contributed by atoms with Gasteiger partial charge in [-0.3, -0.25) is 0 Å². The van der Waals surface area contributed by atoms with E-state index in [1.165, 1.54) is 54.2 Å². The SMILES string of the molecule is Clc1ccc(-c2c(-c3ccccc3)c3sc(Br)c(-c4ccccc4)c3c3ccccc23)cc1. The number of benzene rings is 5. The summed E-state index contributed by atoms with van der Waals surface area (Å²) in [4.78, 5) is 0. The zero-order valence-electron chi connectivity index (χ0n) is 17.6. The van der Waals surface area contributed by atoms with Crippen molar-refractivity contribution in [2.24, 2.45) is 0 Å². The van der Waals surface area contributed by atoms with Crippen LogP contribution in [-0.4, -0.2) is 0 Å². The lowest BCUT2D eigenvalue weighted by Crippen LogP contribution is -1.90. The van der Waals surface area contributed by atoms with Crippen molar-refractivity contribution in [1.29, 1.82) is 0 Å². The van der Waals surface area contributed by atoms with E-state index in [4.69, 9.17) is 11.6 Å². The van der Waals surface area contributed by atoms with Gasteiger partial charge in [0.1, 0.15) is 0 Å². The van der Waals surface area contributed by atoms with E-state index >= 15 is 0 Å². The van der Waals surface area contributed by atoms with Crippen molar-refractivity contribution < 1.29 is 0 Å². The van der Waals surface area contributed by atoms with Gasteiger partial charge < -0.3 is 0 Å². The molecule has 0 bridgehead atoms. The second-order valence-corrected chi connectivity index (χ2v) is 10.8. The van der Waals surface area contributed by atoms with Gasteiger partial charge in [-0.25, -0.2) is 0 Å². The van der Waals surface area contributed by atoms with Crippen LogP contribution in [0.5, 0.6) is 0 Å². The Hall–Kier alpha value is -2.91. The van der Waals surface area contributed by atoms with Gasteiger partial charge in [-0.15, -0.1) is 11.3 Å². The Morgan fingerprint density at radius 3 is 1.67 bits per heavy atom. The molecule has 1 heterocycles. The molecule has 0 fully saturated rings. The normalized spacial score (nSPS) is 11.3. The fraction of sp³-hybridized carbons (Fsp3) is 0. The van der Waals surface area contributed by atoms with Crippen LogP contribution in [0.2, 0.25) is 5.02 Å². The molecule has 0 atom stereocenters. The minimum Gasteiger partial charge on any atom is -0.127 e. The molecule has 0 amide bonds. The molecule has 3 heteroatoms. The summed E-state index contributed by atoms with van der Waals surface area (Å²) >= 11 is 12.0. The lowest BCUT2D eigenvalue weighted by molar-refractivity contribution is 1.63. The van der Waals surface area contributed by atoms with Crippen LogP contribution in [0.15, 0.2) is 113 Å². The minimum absolute atomic E-state index is 0.746. The molecular formula is C30H18BrClS. The fourth-order valence-corrected chi connectivity index (χ4v) is 6.84. The molecule has 33 heavy (non-hydrogen) atoms. The third-order valence-corrected chi connectivity index (χ3v) is 8.20. The molecular weight excluding hydrogens is 508 g/mol. The van der Waals surface area contributed by atoms with E-state index in [0.717, 1.165) is 8.81 Å². The summed E-state index contributed by atoms with van der Waals surface area (Å²) in [6, 6.07) is 38.3. The third-order valence-electron chi connectivity index (χ3n) is 6.07. The highest BCUT2D eigenvalue weighted by Crippen LogP contribution is 2.52. The van der Waals surface area contributed by atoms with Gasteiger partial charge in [0, 0.05) is 26.2 Å². The summed E-state index contributed by atoms with van der Waals surface area (Å²) < 4.78 is 2.44. The zero-order valence-corrected chi connectivity index (χ0v) is 20.7. The summed E-state index contributed by atoms with van der Waals surface area (Å²) in [7, 11) is 0. The predicted octanol–water partition coefficient (Wildman–Crippen LogP) is 10.5. The number of hydrogen-bond donors (Lipinski definition) is 0. The number of hydrogen-bond acceptors (Lipinski definition) is 1. The van der Waals surface area contributed by atoms with E-state index < -0.39 is 0 Å². The van der Waals surface area contributed by atoms with Crippen LogP contribution < -0.4 is 0 Å². The molecule has 0 spiro atoms. The van der Waals surface area contributed by atoms with Crippen molar-refractivity contribution in [1.82, 2.24) is 0 Å². The van der Waals surface area contributed by atoms with Crippen LogP contribution in [0.4, 0.5) is 0 Å². The lowest BCUT2D eigenvalue weighted by Gasteiger charge is -2.17. The van der Waals surface area contributed by atoms with Crippen molar-refractivity contribution in [3.8, 4) is 33.4 Å².